The first-order valence-electron chi connectivity index (χ1n) is 7.67. The molecule has 0 heterocycles. The molecule has 0 saturated heterocycles. The summed E-state index contributed by atoms with van der Waals surface area (Å²) in [5, 5.41) is 0. The lowest BCUT2D eigenvalue weighted by molar-refractivity contribution is -0.143. The molecule has 0 aromatic heterocycles. The van der Waals surface area contributed by atoms with Gasteiger partial charge in [0, 0.05) is 20.1 Å². The molecular weight excluding hydrogens is 267 g/mol. The molecule has 1 saturated carbocycles. The van der Waals surface area contributed by atoms with Crippen molar-refractivity contribution in [2.75, 3.05) is 13.6 Å². The molecule has 1 aliphatic rings. The summed E-state index contributed by atoms with van der Waals surface area (Å²) in [7, 11) is 1.78. The van der Waals surface area contributed by atoms with Crippen molar-refractivity contribution in [3.63, 3.8) is 0 Å². The zero-order chi connectivity index (χ0) is 15.5. The summed E-state index contributed by atoms with van der Waals surface area (Å²) >= 11 is 0. The maximum atomic E-state index is 13.2. The fraction of sp³-hybridized carbons (Fsp3) is 0.588. The molecule has 0 aliphatic heterocycles. The van der Waals surface area contributed by atoms with Crippen molar-refractivity contribution < 1.29 is 9.18 Å². The highest BCUT2D eigenvalue weighted by Gasteiger charge is 2.41. The number of nitrogens with two attached hydrogens (primary N) is 1. The molecule has 1 aromatic carbocycles. The van der Waals surface area contributed by atoms with Crippen LogP contribution in [0.2, 0.25) is 0 Å². The molecule has 1 aromatic rings. The number of hydrogen-bond donors (Lipinski definition) is 1. The van der Waals surface area contributed by atoms with E-state index >= 15 is 0 Å². The van der Waals surface area contributed by atoms with E-state index in [-0.39, 0.29) is 11.7 Å². The predicted octanol–water partition coefficient (Wildman–Crippen LogP) is 2.94. The van der Waals surface area contributed by atoms with Gasteiger partial charge in [0.15, 0.2) is 0 Å². The van der Waals surface area contributed by atoms with Gasteiger partial charge in [-0.3, -0.25) is 4.79 Å². The summed E-state index contributed by atoms with van der Waals surface area (Å²) in [6.07, 6.45) is 3.82. The maximum absolute atomic E-state index is 13.2. The molecule has 0 atom stereocenters. The second-order valence-corrected chi connectivity index (χ2v) is 6.46. The minimum absolute atomic E-state index is 0.0983. The number of rotatable bonds is 4. The topological polar surface area (TPSA) is 46.3 Å². The Morgan fingerprint density at radius 3 is 2.67 bits per heavy atom. The molecular formula is C17H25FN2O. The van der Waals surface area contributed by atoms with Gasteiger partial charge in [0.1, 0.15) is 5.82 Å². The summed E-state index contributed by atoms with van der Waals surface area (Å²) in [5.74, 6) is 0.500. The van der Waals surface area contributed by atoms with Crippen molar-refractivity contribution >= 4 is 5.91 Å². The van der Waals surface area contributed by atoms with E-state index in [2.05, 4.69) is 6.92 Å². The first kappa shape index (κ1) is 16.0. The number of carbonyl (C=O) groups is 1. The number of carbonyl (C=O) groups excluding carboxylic acids is 1. The van der Waals surface area contributed by atoms with E-state index in [1.54, 1.807) is 18.0 Å². The summed E-state index contributed by atoms with van der Waals surface area (Å²) < 4.78 is 13.2. The molecule has 3 nitrogen and oxygen atoms in total. The minimum atomic E-state index is -0.422. The van der Waals surface area contributed by atoms with Crippen LogP contribution in [0.15, 0.2) is 24.3 Å². The van der Waals surface area contributed by atoms with Crippen molar-refractivity contribution in [1.29, 1.82) is 0 Å². The van der Waals surface area contributed by atoms with E-state index in [0.29, 0.717) is 19.0 Å². The fourth-order valence-electron chi connectivity index (χ4n) is 3.21. The van der Waals surface area contributed by atoms with Gasteiger partial charge in [-0.05, 0) is 49.3 Å². The smallest absolute Gasteiger partial charge is 0.230 e. The molecule has 1 aliphatic carbocycles. The standard InChI is InChI=1S/C17H25FN2O/c1-13-6-8-17(12-19,9-7-13)16(21)20(2)11-14-4-3-5-15(18)10-14/h3-5,10,13H,6-9,11-12,19H2,1-2H3. The van der Waals surface area contributed by atoms with Crippen molar-refractivity contribution in [3.05, 3.63) is 35.6 Å². The third kappa shape index (κ3) is 3.62. The average Bonchev–Trinajstić information content (AvgIpc) is 2.48. The highest BCUT2D eigenvalue weighted by molar-refractivity contribution is 5.83. The molecule has 1 amide bonds. The molecule has 0 radical (unpaired) electrons. The molecule has 116 valence electrons. The van der Waals surface area contributed by atoms with Crippen LogP contribution in [0, 0.1) is 17.2 Å². The van der Waals surface area contributed by atoms with Crippen LogP contribution < -0.4 is 5.73 Å². The highest BCUT2D eigenvalue weighted by atomic mass is 19.1. The van der Waals surface area contributed by atoms with Gasteiger partial charge in [0.25, 0.3) is 0 Å². The van der Waals surface area contributed by atoms with Crippen LogP contribution in [0.25, 0.3) is 0 Å². The average molecular weight is 292 g/mol. The molecule has 2 rings (SSSR count). The monoisotopic (exact) mass is 292 g/mol. The number of hydrogen-bond acceptors (Lipinski definition) is 2. The van der Waals surface area contributed by atoms with Crippen LogP contribution in [0.4, 0.5) is 4.39 Å². The van der Waals surface area contributed by atoms with Crippen LogP contribution in [0.5, 0.6) is 0 Å². The Balaban J connectivity index is 2.07. The first-order valence-corrected chi connectivity index (χ1v) is 7.67. The molecule has 4 heteroatoms. The summed E-state index contributed by atoms with van der Waals surface area (Å²) in [4.78, 5) is 14.5. The lowest BCUT2D eigenvalue weighted by Crippen LogP contribution is -2.48. The molecule has 0 unspecified atom stereocenters. The third-order valence-corrected chi connectivity index (χ3v) is 4.73. The first-order chi connectivity index (χ1) is 9.97. The van der Waals surface area contributed by atoms with E-state index in [9.17, 15) is 9.18 Å². The van der Waals surface area contributed by atoms with E-state index in [1.807, 2.05) is 6.07 Å². The number of halogens is 1. The van der Waals surface area contributed by atoms with Crippen molar-refractivity contribution in [1.82, 2.24) is 4.90 Å². The van der Waals surface area contributed by atoms with Gasteiger partial charge in [-0.1, -0.05) is 19.1 Å². The van der Waals surface area contributed by atoms with Crippen molar-refractivity contribution in [3.8, 4) is 0 Å². The van der Waals surface area contributed by atoms with E-state index < -0.39 is 5.41 Å². The van der Waals surface area contributed by atoms with Crippen LogP contribution in [-0.2, 0) is 11.3 Å². The molecule has 2 N–H and O–H groups in total. The van der Waals surface area contributed by atoms with Crippen LogP contribution >= 0.6 is 0 Å². The number of nitrogens with zero attached hydrogens (tertiary/aromatic N) is 1. The van der Waals surface area contributed by atoms with Crippen molar-refractivity contribution in [2.45, 2.75) is 39.2 Å². The van der Waals surface area contributed by atoms with Crippen LogP contribution in [0.3, 0.4) is 0 Å². The lowest BCUT2D eigenvalue weighted by Gasteiger charge is -2.39. The second-order valence-electron chi connectivity index (χ2n) is 6.46. The highest BCUT2D eigenvalue weighted by Crippen LogP contribution is 2.39. The van der Waals surface area contributed by atoms with Gasteiger partial charge in [0.05, 0.1) is 5.41 Å². The zero-order valence-electron chi connectivity index (χ0n) is 12.9. The Hall–Kier alpha value is -1.42. The quantitative estimate of drug-likeness (QED) is 0.927. The van der Waals surface area contributed by atoms with E-state index in [0.717, 1.165) is 31.2 Å². The zero-order valence-corrected chi connectivity index (χ0v) is 12.9. The molecule has 0 spiro atoms. The van der Waals surface area contributed by atoms with Crippen LogP contribution in [0.1, 0.15) is 38.2 Å². The molecule has 1 fully saturated rings. The summed E-state index contributed by atoms with van der Waals surface area (Å²) in [6.45, 7) is 3.04. The van der Waals surface area contributed by atoms with Gasteiger partial charge >= 0.3 is 0 Å². The molecule has 0 bridgehead atoms. The van der Waals surface area contributed by atoms with Crippen molar-refractivity contribution in [2.24, 2.45) is 17.1 Å². The van der Waals surface area contributed by atoms with E-state index in [4.69, 9.17) is 5.73 Å². The fourth-order valence-corrected chi connectivity index (χ4v) is 3.21. The SMILES string of the molecule is CC1CCC(CN)(C(=O)N(C)Cc2cccc(F)c2)CC1. The normalized spacial score (nSPS) is 25.6. The molecule has 21 heavy (non-hydrogen) atoms. The van der Waals surface area contributed by atoms with Gasteiger partial charge in [-0.25, -0.2) is 4.39 Å². The van der Waals surface area contributed by atoms with Crippen LogP contribution in [-0.4, -0.2) is 24.4 Å². The minimum Gasteiger partial charge on any atom is -0.341 e. The largest absolute Gasteiger partial charge is 0.341 e. The second kappa shape index (κ2) is 6.56. The summed E-state index contributed by atoms with van der Waals surface area (Å²) in [5.41, 5.74) is 6.32. The van der Waals surface area contributed by atoms with Gasteiger partial charge < -0.3 is 10.6 Å². The predicted molar refractivity (Wildman–Crippen MR) is 82.0 cm³/mol. The Labute approximate surface area is 126 Å². The Morgan fingerprint density at radius 2 is 2.10 bits per heavy atom. The van der Waals surface area contributed by atoms with Gasteiger partial charge in [0.2, 0.25) is 5.91 Å². The Kier molecular flexibility index (Phi) is 4.99. The Bertz CT molecular complexity index is 495. The van der Waals surface area contributed by atoms with Gasteiger partial charge in [-0.2, -0.15) is 0 Å². The lowest BCUT2D eigenvalue weighted by atomic mass is 9.70. The number of amides is 1. The summed E-state index contributed by atoms with van der Waals surface area (Å²) in [6, 6.07) is 6.39. The maximum Gasteiger partial charge on any atom is 0.230 e. The number of benzene rings is 1. The van der Waals surface area contributed by atoms with E-state index in [1.165, 1.54) is 12.1 Å². The Morgan fingerprint density at radius 1 is 1.43 bits per heavy atom. The third-order valence-electron chi connectivity index (χ3n) is 4.73. The van der Waals surface area contributed by atoms with Gasteiger partial charge in [-0.15, -0.1) is 0 Å².